The van der Waals surface area contributed by atoms with Gasteiger partial charge in [0.2, 0.25) is 0 Å². The van der Waals surface area contributed by atoms with Gasteiger partial charge in [-0.3, -0.25) is 4.79 Å². The summed E-state index contributed by atoms with van der Waals surface area (Å²) in [6.07, 6.45) is -0.227. The van der Waals surface area contributed by atoms with Crippen molar-refractivity contribution in [2.45, 2.75) is 19.4 Å². The third-order valence-electron chi connectivity index (χ3n) is 2.95. The zero-order valence-corrected chi connectivity index (χ0v) is 10.3. The summed E-state index contributed by atoms with van der Waals surface area (Å²) in [6.45, 7) is 1.71. The SMILES string of the molecule is CC(O)c1ccccc1CC(=O)c1ccccc1. The Morgan fingerprint density at radius 2 is 1.67 bits per heavy atom. The van der Waals surface area contributed by atoms with Crippen LogP contribution in [0.3, 0.4) is 0 Å². The smallest absolute Gasteiger partial charge is 0.167 e. The molecule has 0 saturated carbocycles. The van der Waals surface area contributed by atoms with Crippen molar-refractivity contribution in [3.63, 3.8) is 0 Å². The van der Waals surface area contributed by atoms with Crippen molar-refractivity contribution >= 4 is 5.78 Å². The van der Waals surface area contributed by atoms with Gasteiger partial charge in [-0.15, -0.1) is 0 Å². The molecule has 18 heavy (non-hydrogen) atoms. The van der Waals surface area contributed by atoms with Crippen LogP contribution in [0.1, 0.15) is 34.5 Å². The normalized spacial score (nSPS) is 12.1. The van der Waals surface area contributed by atoms with Crippen LogP contribution in [0.2, 0.25) is 0 Å². The number of aliphatic hydroxyl groups excluding tert-OH is 1. The van der Waals surface area contributed by atoms with E-state index < -0.39 is 6.10 Å². The molecule has 0 radical (unpaired) electrons. The Bertz CT molecular complexity index is 530. The summed E-state index contributed by atoms with van der Waals surface area (Å²) in [5, 5.41) is 9.68. The Kier molecular flexibility index (Phi) is 3.90. The van der Waals surface area contributed by atoms with Crippen molar-refractivity contribution < 1.29 is 9.90 Å². The van der Waals surface area contributed by atoms with Gasteiger partial charge in [-0.2, -0.15) is 0 Å². The van der Waals surface area contributed by atoms with Gasteiger partial charge in [-0.25, -0.2) is 0 Å². The molecule has 2 rings (SSSR count). The number of benzene rings is 2. The first kappa shape index (κ1) is 12.5. The van der Waals surface area contributed by atoms with Gasteiger partial charge >= 0.3 is 0 Å². The molecular weight excluding hydrogens is 224 g/mol. The molecule has 0 fully saturated rings. The first-order valence-corrected chi connectivity index (χ1v) is 6.02. The third kappa shape index (κ3) is 2.84. The maximum absolute atomic E-state index is 12.1. The Hall–Kier alpha value is -1.93. The summed E-state index contributed by atoms with van der Waals surface area (Å²) >= 11 is 0. The number of carbonyl (C=O) groups is 1. The molecule has 0 amide bonds. The maximum atomic E-state index is 12.1. The Morgan fingerprint density at radius 3 is 2.33 bits per heavy atom. The summed E-state index contributed by atoms with van der Waals surface area (Å²) in [5.41, 5.74) is 2.42. The molecule has 0 heterocycles. The van der Waals surface area contributed by atoms with E-state index in [1.807, 2.05) is 54.6 Å². The number of aliphatic hydroxyl groups is 1. The van der Waals surface area contributed by atoms with Crippen LogP contribution in [-0.4, -0.2) is 10.9 Å². The molecule has 0 aromatic heterocycles. The standard InChI is InChI=1S/C16H16O2/c1-12(17)15-10-6-5-9-14(15)11-16(18)13-7-3-2-4-8-13/h2-10,12,17H,11H2,1H3. The van der Waals surface area contributed by atoms with Crippen LogP contribution in [0.5, 0.6) is 0 Å². The van der Waals surface area contributed by atoms with Crippen molar-refractivity contribution in [1.29, 1.82) is 0 Å². The minimum atomic E-state index is -0.551. The van der Waals surface area contributed by atoms with Gasteiger partial charge in [0, 0.05) is 12.0 Å². The quantitative estimate of drug-likeness (QED) is 0.833. The molecule has 2 aromatic rings. The molecule has 0 aliphatic rings. The lowest BCUT2D eigenvalue weighted by atomic mass is 9.96. The molecule has 1 N–H and O–H groups in total. The van der Waals surface area contributed by atoms with Gasteiger partial charge in [0.05, 0.1) is 6.10 Å². The predicted octanol–water partition coefficient (Wildman–Crippen LogP) is 3.17. The number of Topliss-reactive ketones (excluding diaryl/α,β-unsaturated/α-hetero) is 1. The lowest BCUT2D eigenvalue weighted by Crippen LogP contribution is -2.07. The average Bonchev–Trinajstić information content (AvgIpc) is 2.40. The summed E-state index contributed by atoms with van der Waals surface area (Å²) < 4.78 is 0. The number of ketones is 1. The van der Waals surface area contributed by atoms with Crippen LogP contribution < -0.4 is 0 Å². The molecular formula is C16H16O2. The highest BCUT2D eigenvalue weighted by molar-refractivity contribution is 5.97. The summed E-state index contributed by atoms with van der Waals surface area (Å²) in [5.74, 6) is 0.0729. The molecule has 1 atom stereocenters. The van der Waals surface area contributed by atoms with E-state index in [0.29, 0.717) is 12.0 Å². The van der Waals surface area contributed by atoms with Crippen LogP contribution >= 0.6 is 0 Å². The van der Waals surface area contributed by atoms with E-state index in [4.69, 9.17) is 0 Å². The predicted molar refractivity (Wildman–Crippen MR) is 71.6 cm³/mol. The fourth-order valence-corrected chi connectivity index (χ4v) is 2.00. The molecule has 92 valence electrons. The third-order valence-corrected chi connectivity index (χ3v) is 2.95. The van der Waals surface area contributed by atoms with Gasteiger partial charge < -0.3 is 5.11 Å². The van der Waals surface area contributed by atoms with Gasteiger partial charge in [0.25, 0.3) is 0 Å². The number of hydrogen-bond donors (Lipinski definition) is 1. The molecule has 0 aliphatic heterocycles. The monoisotopic (exact) mass is 240 g/mol. The zero-order valence-electron chi connectivity index (χ0n) is 10.3. The highest BCUT2D eigenvalue weighted by Crippen LogP contribution is 2.19. The van der Waals surface area contributed by atoms with E-state index in [1.54, 1.807) is 6.92 Å². The molecule has 0 aliphatic carbocycles. The molecule has 2 heteroatoms. The highest BCUT2D eigenvalue weighted by Gasteiger charge is 2.12. The number of hydrogen-bond acceptors (Lipinski definition) is 2. The largest absolute Gasteiger partial charge is 0.389 e. The Balaban J connectivity index is 2.22. The highest BCUT2D eigenvalue weighted by atomic mass is 16.3. The minimum absolute atomic E-state index is 0.0729. The van der Waals surface area contributed by atoms with Crippen molar-refractivity contribution in [3.8, 4) is 0 Å². The van der Waals surface area contributed by atoms with Crippen LogP contribution in [0, 0.1) is 0 Å². The van der Waals surface area contributed by atoms with Crippen molar-refractivity contribution in [2.24, 2.45) is 0 Å². The second kappa shape index (κ2) is 5.61. The fraction of sp³-hybridized carbons (Fsp3) is 0.188. The van der Waals surface area contributed by atoms with Gasteiger partial charge in [-0.05, 0) is 18.1 Å². The molecule has 2 nitrogen and oxygen atoms in total. The van der Waals surface area contributed by atoms with Gasteiger partial charge in [-0.1, -0.05) is 54.6 Å². The zero-order chi connectivity index (χ0) is 13.0. The van der Waals surface area contributed by atoms with Gasteiger partial charge in [0.1, 0.15) is 0 Å². The van der Waals surface area contributed by atoms with E-state index in [0.717, 1.165) is 11.1 Å². The topological polar surface area (TPSA) is 37.3 Å². The minimum Gasteiger partial charge on any atom is -0.389 e. The lowest BCUT2D eigenvalue weighted by molar-refractivity contribution is 0.0992. The average molecular weight is 240 g/mol. The maximum Gasteiger partial charge on any atom is 0.167 e. The van der Waals surface area contributed by atoms with E-state index in [-0.39, 0.29) is 5.78 Å². The van der Waals surface area contributed by atoms with Crippen LogP contribution in [0.25, 0.3) is 0 Å². The van der Waals surface area contributed by atoms with E-state index in [9.17, 15) is 9.90 Å². The molecule has 0 spiro atoms. The van der Waals surface area contributed by atoms with E-state index in [1.165, 1.54) is 0 Å². The Labute approximate surface area is 107 Å². The molecule has 0 bridgehead atoms. The van der Waals surface area contributed by atoms with Crippen molar-refractivity contribution in [3.05, 3.63) is 71.3 Å². The number of carbonyl (C=O) groups excluding carboxylic acids is 1. The van der Waals surface area contributed by atoms with E-state index >= 15 is 0 Å². The van der Waals surface area contributed by atoms with Crippen LogP contribution in [0.4, 0.5) is 0 Å². The van der Waals surface area contributed by atoms with E-state index in [2.05, 4.69) is 0 Å². The van der Waals surface area contributed by atoms with Crippen LogP contribution in [0.15, 0.2) is 54.6 Å². The van der Waals surface area contributed by atoms with Gasteiger partial charge in [0.15, 0.2) is 5.78 Å². The number of rotatable bonds is 4. The fourth-order valence-electron chi connectivity index (χ4n) is 2.00. The second-order valence-electron chi connectivity index (χ2n) is 4.34. The Morgan fingerprint density at radius 1 is 1.06 bits per heavy atom. The summed E-state index contributed by atoms with van der Waals surface area (Å²) in [6, 6.07) is 16.7. The van der Waals surface area contributed by atoms with Crippen molar-refractivity contribution in [2.75, 3.05) is 0 Å². The first-order valence-electron chi connectivity index (χ1n) is 6.02. The summed E-state index contributed by atoms with van der Waals surface area (Å²) in [4.78, 5) is 12.1. The van der Waals surface area contributed by atoms with Crippen molar-refractivity contribution in [1.82, 2.24) is 0 Å². The van der Waals surface area contributed by atoms with Crippen LogP contribution in [-0.2, 0) is 6.42 Å². The molecule has 1 unspecified atom stereocenters. The second-order valence-corrected chi connectivity index (χ2v) is 4.34. The first-order chi connectivity index (χ1) is 8.68. The lowest BCUT2D eigenvalue weighted by Gasteiger charge is -2.11. The summed E-state index contributed by atoms with van der Waals surface area (Å²) in [7, 11) is 0. The molecule has 0 saturated heterocycles. The molecule has 2 aromatic carbocycles.